The molecule has 3 rings (SSSR count). The maximum absolute atomic E-state index is 6.53. The van der Waals surface area contributed by atoms with Crippen molar-refractivity contribution in [3.8, 4) is 11.4 Å². The number of aryl methyl sites for hydroxylation is 1. The van der Waals surface area contributed by atoms with E-state index in [1.165, 1.54) is 0 Å². The topological polar surface area (TPSA) is 39.1 Å². The first kappa shape index (κ1) is 16.7. The molecule has 1 heterocycles. The maximum Gasteiger partial charge on any atom is 0.138 e. The van der Waals surface area contributed by atoms with Gasteiger partial charge in [-0.2, -0.15) is 5.10 Å². The van der Waals surface area contributed by atoms with Crippen LogP contribution in [0, 0.1) is 6.92 Å². The van der Waals surface area contributed by atoms with E-state index in [9.17, 15) is 0 Å². The number of nitrogens with one attached hydrogen (secondary N) is 1. The highest BCUT2D eigenvalue weighted by atomic mass is 35.5. The third-order valence-corrected chi connectivity index (χ3v) is 4.34. The Morgan fingerprint density at radius 2 is 1.92 bits per heavy atom. The van der Waals surface area contributed by atoms with E-state index in [1.54, 1.807) is 11.8 Å². The molecule has 1 N–H and O–H groups in total. The van der Waals surface area contributed by atoms with Crippen LogP contribution in [0.5, 0.6) is 5.75 Å². The second-order valence-electron chi connectivity index (χ2n) is 5.33. The largest absolute Gasteiger partial charge is 0.497 e. The van der Waals surface area contributed by atoms with Gasteiger partial charge in [0.2, 0.25) is 0 Å². The van der Waals surface area contributed by atoms with E-state index in [2.05, 4.69) is 10.4 Å². The average molecular weight is 362 g/mol. The van der Waals surface area contributed by atoms with E-state index in [-0.39, 0.29) is 0 Å². The summed E-state index contributed by atoms with van der Waals surface area (Å²) < 4.78 is 6.93. The van der Waals surface area contributed by atoms with E-state index in [0.717, 1.165) is 28.4 Å². The number of halogens is 2. The van der Waals surface area contributed by atoms with Crippen LogP contribution in [0.2, 0.25) is 10.2 Å². The molecule has 0 aliphatic heterocycles. The molecule has 0 aliphatic rings. The normalized spacial score (nSPS) is 10.7. The predicted molar refractivity (Wildman–Crippen MR) is 98.6 cm³/mol. The summed E-state index contributed by atoms with van der Waals surface area (Å²) in [6, 6.07) is 15.2. The summed E-state index contributed by atoms with van der Waals surface area (Å²) in [6.07, 6.45) is 0. The zero-order valence-electron chi connectivity index (χ0n) is 13.4. The van der Waals surface area contributed by atoms with Gasteiger partial charge in [-0.25, -0.2) is 4.68 Å². The molecule has 0 saturated carbocycles. The van der Waals surface area contributed by atoms with Crippen molar-refractivity contribution in [1.82, 2.24) is 9.78 Å². The fraction of sp³-hybridized carbons (Fsp3) is 0.167. The van der Waals surface area contributed by atoms with Gasteiger partial charge in [0.1, 0.15) is 10.9 Å². The van der Waals surface area contributed by atoms with E-state index >= 15 is 0 Å². The highest BCUT2D eigenvalue weighted by Gasteiger charge is 2.14. The van der Waals surface area contributed by atoms with Crippen molar-refractivity contribution in [3.05, 3.63) is 70.0 Å². The van der Waals surface area contributed by atoms with Crippen LogP contribution >= 0.6 is 23.2 Å². The van der Waals surface area contributed by atoms with E-state index in [1.807, 2.05) is 55.5 Å². The molecule has 0 unspecified atom stereocenters. The van der Waals surface area contributed by atoms with E-state index in [4.69, 9.17) is 27.9 Å². The zero-order valence-corrected chi connectivity index (χ0v) is 14.9. The third-order valence-electron chi connectivity index (χ3n) is 3.71. The molecule has 0 atom stereocenters. The Hall–Kier alpha value is -2.17. The second kappa shape index (κ2) is 7.16. The molecular weight excluding hydrogens is 345 g/mol. The molecule has 4 nitrogen and oxygen atoms in total. The lowest BCUT2D eigenvalue weighted by atomic mass is 10.2. The predicted octanol–water partition coefficient (Wildman–Crippen LogP) is 5.11. The lowest BCUT2D eigenvalue weighted by molar-refractivity contribution is 0.415. The first-order valence-electron chi connectivity index (χ1n) is 7.46. The van der Waals surface area contributed by atoms with Gasteiger partial charge >= 0.3 is 0 Å². The number of ether oxygens (including phenoxy) is 1. The number of methoxy groups -OCH3 is 1. The highest BCUT2D eigenvalue weighted by Crippen LogP contribution is 2.26. The van der Waals surface area contributed by atoms with Crippen molar-refractivity contribution < 1.29 is 4.74 Å². The average Bonchev–Trinajstić information content (AvgIpc) is 2.87. The summed E-state index contributed by atoms with van der Waals surface area (Å²) in [5.41, 5.74) is 3.61. The summed E-state index contributed by atoms with van der Waals surface area (Å²) in [5, 5.41) is 9.10. The molecule has 1 aromatic heterocycles. The lowest BCUT2D eigenvalue weighted by Crippen LogP contribution is -2.01. The number of hydrogen-bond acceptors (Lipinski definition) is 3. The molecule has 0 bridgehead atoms. The Morgan fingerprint density at radius 1 is 1.12 bits per heavy atom. The van der Waals surface area contributed by atoms with Crippen LogP contribution in [0.4, 0.5) is 5.69 Å². The number of hydrogen-bond donors (Lipinski definition) is 1. The summed E-state index contributed by atoms with van der Waals surface area (Å²) in [6.45, 7) is 2.51. The van der Waals surface area contributed by atoms with Crippen molar-refractivity contribution in [1.29, 1.82) is 0 Å². The molecule has 0 radical (unpaired) electrons. The van der Waals surface area contributed by atoms with Crippen LogP contribution in [0.3, 0.4) is 0 Å². The summed E-state index contributed by atoms with van der Waals surface area (Å²) in [5.74, 6) is 0.803. The fourth-order valence-electron chi connectivity index (χ4n) is 2.43. The van der Waals surface area contributed by atoms with Crippen LogP contribution in [-0.4, -0.2) is 16.9 Å². The van der Waals surface area contributed by atoms with Crippen molar-refractivity contribution in [3.63, 3.8) is 0 Å². The van der Waals surface area contributed by atoms with Crippen LogP contribution < -0.4 is 10.1 Å². The molecule has 0 saturated heterocycles. The Kier molecular flexibility index (Phi) is 4.97. The fourth-order valence-corrected chi connectivity index (χ4v) is 2.96. The Labute approximate surface area is 151 Å². The smallest absolute Gasteiger partial charge is 0.138 e. The van der Waals surface area contributed by atoms with Crippen LogP contribution in [0.1, 0.15) is 11.3 Å². The second-order valence-corrected chi connectivity index (χ2v) is 6.13. The minimum absolute atomic E-state index is 0.568. The number of nitrogens with zero attached hydrogens (tertiary/aromatic N) is 2. The minimum atomic E-state index is 0.568. The van der Waals surface area contributed by atoms with Crippen molar-refractivity contribution >= 4 is 28.9 Å². The molecule has 2 aromatic carbocycles. The van der Waals surface area contributed by atoms with Gasteiger partial charge in [-0.1, -0.05) is 35.3 Å². The Bertz CT molecular complexity index is 861. The molecule has 0 amide bonds. The third kappa shape index (κ3) is 3.50. The molecule has 0 fully saturated rings. The van der Waals surface area contributed by atoms with Crippen LogP contribution in [-0.2, 0) is 6.54 Å². The van der Waals surface area contributed by atoms with Gasteiger partial charge in [0, 0.05) is 28.9 Å². The zero-order chi connectivity index (χ0) is 17.1. The van der Waals surface area contributed by atoms with Gasteiger partial charge in [-0.05, 0) is 37.3 Å². The standard InChI is InChI=1S/C18H17Cl2N3O/c1-12-17(11-21-14-6-4-8-16(10-14)24-2)18(20)23(22-12)15-7-3-5-13(19)9-15/h3-10,21H,11H2,1-2H3. The molecule has 0 aliphatic carbocycles. The van der Waals surface area contributed by atoms with Gasteiger partial charge in [0.05, 0.1) is 18.5 Å². The molecule has 3 aromatic rings. The van der Waals surface area contributed by atoms with Gasteiger partial charge in [-0.3, -0.25) is 0 Å². The van der Waals surface area contributed by atoms with Crippen molar-refractivity contribution in [2.75, 3.05) is 12.4 Å². The monoisotopic (exact) mass is 361 g/mol. The molecule has 6 heteroatoms. The Balaban J connectivity index is 1.84. The number of benzene rings is 2. The summed E-state index contributed by atoms with van der Waals surface area (Å²) in [4.78, 5) is 0. The van der Waals surface area contributed by atoms with Gasteiger partial charge < -0.3 is 10.1 Å². The first-order chi connectivity index (χ1) is 11.6. The van der Waals surface area contributed by atoms with Gasteiger partial charge in [0.15, 0.2) is 0 Å². The van der Waals surface area contributed by atoms with Gasteiger partial charge in [-0.15, -0.1) is 0 Å². The van der Waals surface area contributed by atoms with Crippen molar-refractivity contribution in [2.45, 2.75) is 13.5 Å². The summed E-state index contributed by atoms with van der Waals surface area (Å²) >= 11 is 12.6. The van der Waals surface area contributed by atoms with Crippen molar-refractivity contribution in [2.24, 2.45) is 0 Å². The lowest BCUT2D eigenvalue weighted by Gasteiger charge is -2.08. The van der Waals surface area contributed by atoms with Crippen LogP contribution in [0.15, 0.2) is 48.5 Å². The SMILES string of the molecule is COc1cccc(NCc2c(C)nn(-c3cccc(Cl)c3)c2Cl)c1. The van der Waals surface area contributed by atoms with E-state index < -0.39 is 0 Å². The van der Waals surface area contributed by atoms with Crippen LogP contribution in [0.25, 0.3) is 5.69 Å². The first-order valence-corrected chi connectivity index (χ1v) is 8.22. The van der Waals surface area contributed by atoms with Gasteiger partial charge in [0.25, 0.3) is 0 Å². The molecule has 24 heavy (non-hydrogen) atoms. The molecule has 124 valence electrons. The molecule has 0 spiro atoms. The quantitative estimate of drug-likeness (QED) is 0.686. The number of rotatable bonds is 5. The maximum atomic E-state index is 6.53. The Morgan fingerprint density at radius 3 is 2.67 bits per heavy atom. The molecular formula is C18H17Cl2N3O. The highest BCUT2D eigenvalue weighted by molar-refractivity contribution is 6.31. The summed E-state index contributed by atoms with van der Waals surface area (Å²) in [7, 11) is 1.65. The number of anilines is 1. The van der Waals surface area contributed by atoms with E-state index in [0.29, 0.717) is 16.7 Å². The minimum Gasteiger partial charge on any atom is -0.497 e. The number of aromatic nitrogens is 2.